The van der Waals surface area contributed by atoms with Crippen LogP contribution in [-0.2, 0) is 98.1 Å². The summed E-state index contributed by atoms with van der Waals surface area (Å²) in [6.07, 6.45) is 0. The second kappa shape index (κ2) is 27.0. The fourth-order valence-corrected chi connectivity index (χ4v) is 2.64. The first-order valence-corrected chi connectivity index (χ1v) is 11.2. The van der Waals surface area contributed by atoms with Gasteiger partial charge in [-0.15, -0.1) is 24.3 Å². The molecule has 3 radical (unpaired) electrons. The molecule has 0 fully saturated rings. The third kappa shape index (κ3) is 13.4. The number of benzene rings is 4. The maximum absolute atomic E-state index is 3.49. The molecule has 33 heavy (non-hydrogen) atoms. The van der Waals surface area contributed by atoms with Gasteiger partial charge in [-0.05, 0) is 0 Å². The van der Waals surface area contributed by atoms with Gasteiger partial charge in [0.15, 0.2) is 0 Å². The van der Waals surface area contributed by atoms with E-state index in [0.29, 0.717) is 0 Å². The minimum Gasteiger partial charge on any atom is -0.226 e. The summed E-state index contributed by atoms with van der Waals surface area (Å²) in [6.45, 7) is 16.0. The molecule has 0 unspecified atom stereocenters. The van der Waals surface area contributed by atoms with Crippen LogP contribution in [-0.4, -0.2) is 0 Å². The normalized spacial score (nSPS) is 7.88. The minimum absolute atomic E-state index is 0. The summed E-state index contributed by atoms with van der Waals surface area (Å²) >= 11 is 0. The third-order valence-corrected chi connectivity index (χ3v) is 3.70. The minimum atomic E-state index is 0. The van der Waals surface area contributed by atoms with Crippen molar-refractivity contribution in [3.63, 3.8) is 0 Å². The van der Waals surface area contributed by atoms with E-state index >= 15 is 0 Å². The fourth-order valence-electron chi connectivity index (χ4n) is 2.64. The van der Waals surface area contributed by atoms with Crippen LogP contribution in [0.5, 0.6) is 0 Å². The van der Waals surface area contributed by atoms with Crippen LogP contribution < -0.4 is 0 Å². The molecule has 3 heteroatoms. The molecule has 4 aromatic carbocycles. The van der Waals surface area contributed by atoms with Crippen LogP contribution in [0.15, 0.2) is 72.8 Å². The standard InChI is InChI=1S/C22H12.4C2H6.3Y/c1-3-8-17(9-4-1)19-14-15-22-20(16-19)12-7-13-21(22)18-10-5-2-6-11-18;4*1-2;;;/h1-8,10,12,14-15H;4*1-2H3;;;/q-4;;;;;;;. The van der Waals surface area contributed by atoms with Crippen molar-refractivity contribution < 1.29 is 98.1 Å². The van der Waals surface area contributed by atoms with Gasteiger partial charge in [0, 0.05) is 98.1 Å². The van der Waals surface area contributed by atoms with Gasteiger partial charge < -0.3 is 0 Å². The van der Waals surface area contributed by atoms with Crippen LogP contribution in [0.25, 0.3) is 33.0 Å². The van der Waals surface area contributed by atoms with Crippen molar-refractivity contribution >= 4 is 10.8 Å². The van der Waals surface area contributed by atoms with Gasteiger partial charge in [0.05, 0.1) is 0 Å². The Labute approximate surface area is 279 Å². The zero-order valence-corrected chi connectivity index (χ0v) is 30.2. The Morgan fingerprint density at radius 1 is 0.455 bits per heavy atom. The topological polar surface area (TPSA) is 0 Å². The van der Waals surface area contributed by atoms with Crippen LogP contribution >= 0.6 is 0 Å². The SMILES string of the molecule is CC.CC.CC.CC.[Y].[Y].[Y].[c-]1ccccc1-c1[c-]c2cc[c-]c(-c3[c-]cccc3)c2cc1. The monoisotopic (exact) mass is 663 g/mol. The van der Waals surface area contributed by atoms with Gasteiger partial charge in [-0.25, -0.2) is 22.3 Å². The maximum atomic E-state index is 3.49. The van der Waals surface area contributed by atoms with Gasteiger partial charge >= 0.3 is 0 Å². The van der Waals surface area contributed by atoms with E-state index in [1.54, 1.807) is 0 Å². The Bertz CT molecular complexity index is 921. The van der Waals surface area contributed by atoms with Crippen molar-refractivity contribution in [1.82, 2.24) is 0 Å². The Hall–Kier alpha value is 0.452. The molecular formula is C30H36Y3-4. The molecule has 0 heterocycles. The van der Waals surface area contributed by atoms with E-state index in [4.69, 9.17) is 0 Å². The van der Waals surface area contributed by atoms with E-state index in [-0.39, 0.29) is 98.1 Å². The molecule has 0 aromatic heterocycles. The Kier molecular flexibility index (Phi) is 33.3. The second-order valence-electron chi connectivity index (χ2n) is 5.10. The molecule has 4 rings (SSSR count). The van der Waals surface area contributed by atoms with Gasteiger partial charge in [-0.3, -0.25) is 0 Å². The molecule has 0 N–H and O–H groups in total. The molecule has 0 amide bonds. The third-order valence-electron chi connectivity index (χ3n) is 3.70. The molecule has 0 atom stereocenters. The molecule has 4 aromatic rings. The van der Waals surface area contributed by atoms with Gasteiger partial charge in [0.2, 0.25) is 0 Å². The summed E-state index contributed by atoms with van der Waals surface area (Å²) in [5, 5.41) is 2.23. The summed E-state index contributed by atoms with van der Waals surface area (Å²) < 4.78 is 0. The zero-order valence-electron chi connectivity index (χ0n) is 21.7. The van der Waals surface area contributed by atoms with Crippen molar-refractivity contribution in [1.29, 1.82) is 0 Å². The van der Waals surface area contributed by atoms with Crippen LogP contribution in [0.3, 0.4) is 0 Å². The van der Waals surface area contributed by atoms with Crippen molar-refractivity contribution in [3.05, 3.63) is 97.1 Å². The fraction of sp³-hybridized carbons (Fsp3) is 0.267. The van der Waals surface area contributed by atoms with Gasteiger partial charge in [-0.2, -0.15) is 83.6 Å². The maximum Gasteiger partial charge on any atom is 0 e. The largest absolute Gasteiger partial charge is 0.226 e. The molecule has 169 valence electrons. The molecular weight excluding hydrogens is 627 g/mol. The van der Waals surface area contributed by atoms with Gasteiger partial charge in [0.1, 0.15) is 0 Å². The zero-order chi connectivity index (χ0) is 22.8. The first-order chi connectivity index (χ1) is 14.9. The average Bonchev–Trinajstić information content (AvgIpc) is 2.89. The smallest absolute Gasteiger partial charge is 0 e. The average molecular weight is 663 g/mol. The van der Waals surface area contributed by atoms with Crippen LogP contribution in [0.2, 0.25) is 0 Å². The Balaban J connectivity index is -0.000000348. The van der Waals surface area contributed by atoms with Crippen LogP contribution in [0, 0.1) is 24.3 Å². The summed E-state index contributed by atoms with van der Waals surface area (Å²) in [7, 11) is 0. The predicted molar refractivity (Wildman–Crippen MR) is 136 cm³/mol. The summed E-state index contributed by atoms with van der Waals surface area (Å²) in [6, 6.07) is 37.5. The molecule has 0 saturated carbocycles. The van der Waals surface area contributed by atoms with E-state index in [9.17, 15) is 0 Å². The first kappa shape index (κ1) is 40.6. The van der Waals surface area contributed by atoms with E-state index in [0.717, 1.165) is 33.0 Å². The summed E-state index contributed by atoms with van der Waals surface area (Å²) in [5.41, 5.74) is 4.24. The second-order valence-corrected chi connectivity index (χ2v) is 5.10. The van der Waals surface area contributed by atoms with E-state index in [2.05, 4.69) is 48.5 Å². The number of rotatable bonds is 2. The molecule has 0 bridgehead atoms. The molecule has 0 aliphatic heterocycles. The molecule has 0 saturated heterocycles. The van der Waals surface area contributed by atoms with Crippen LogP contribution in [0.4, 0.5) is 0 Å². The number of hydrogen-bond acceptors (Lipinski definition) is 0. The molecule has 0 aliphatic rings. The predicted octanol–water partition coefficient (Wildman–Crippen LogP) is 9.47. The number of hydrogen-bond donors (Lipinski definition) is 0. The Morgan fingerprint density at radius 3 is 1.45 bits per heavy atom. The van der Waals surface area contributed by atoms with Crippen molar-refractivity contribution in [2.75, 3.05) is 0 Å². The van der Waals surface area contributed by atoms with Crippen molar-refractivity contribution in [3.8, 4) is 22.3 Å². The van der Waals surface area contributed by atoms with Crippen LogP contribution in [0.1, 0.15) is 55.4 Å². The van der Waals surface area contributed by atoms with Crippen molar-refractivity contribution in [2.45, 2.75) is 55.4 Å². The van der Waals surface area contributed by atoms with E-state index in [1.807, 2.05) is 104 Å². The van der Waals surface area contributed by atoms with E-state index in [1.165, 1.54) is 0 Å². The quantitative estimate of drug-likeness (QED) is 0.188. The van der Waals surface area contributed by atoms with E-state index < -0.39 is 0 Å². The number of fused-ring (bicyclic) bond motifs is 1. The summed E-state index contributed by atoms with van der Waals surface area (Å²) in [5.74, 6) is 0. The molecule has 0 spiro atoms. The van der Waals surface area contributed by atoms with Gasteiger partial charge in [-0.1, -0.05) is 55.4 Å². The first-order valence-electron chi connectivity index (χ1n) is 11.2. The molecule has 0 nitrogen and oxygen atoms in total. The molecule has 0 aliphatic carbocycles. The summed E-state index contributed by atoms with van der Waals surface area (Å²) in [4.78, 5) is 0. The van der Waals surface area contributed by atoms with Crippen molar-refractivity contribution in [2.24, 2.45) is 0 Å². The van der Waals surface area contributed by atoms with Gasteiger partial charge in [0.25, 0.3) is 0 Å². The Morgan fingerprint density at radius 2 is 0.970 bits per heavy atom.